The number of hydrogen-bond donors (Lipinski definition) is 3. The summed E-state index contributed by atoms with van der Waals surface area (Å²) in [6, 6.07) is 0. The first-order valence-corrected chi connectivity index (χ1v) is 5.74. The van der Waals surface area contributed by atoms with Gasteiger partial charge >= 0.3 is 11.9 Å². The molecular weight excluding hydrogens is 244 g/mol. The molecule has 7 heteroatoms. The minimum absolute atomic E-state index is 0.0910. The predicted molar refractivity (Wildman–Crippen MR) is 63.5 cm³/mol. The van der Waals surface area contributed by atoms with Gasteiger partial charge in [0.05, 0.1) is 39.3 Å². The van der Waals surface area contributed by atoms with Crippen LogP contribution in [0.4, 0.5) is 0 Å². The second kappa shape index (κ2) is 15.8. The smallest absolute Gasteiger partial charge is 0.303 e. The molecule has 0 aliphatic rings. The fraction of sp³-hybridized carbons (Fsp3) is 0.818. The second-order valence-electron chi connectivity index (χ2n) is 3.24. The van der Waals surface area contributed by atoms with Gasteiger partial charge in [-0.2, -0.15) is 0 Å². The molecule has 0 saturated carbocycles. The Labute approximate surface area is 106 Å². The highest BCUT2D eigenvalue weighted by Crippen LogP contribution is 1.86. The van der Waals surface area contributed by atoms with Crippen LogP contribution in [0.3, 0.4) is 0 Å². The van der Waals surface area contributed by atoms with Gasteiger partial charge in [-0.3, -0.25) is 9.59 Å². The van der Waals surface area contributed by atoms with E-state index in [0.29, 0.717) is 19.8 Å². The number of carbonyl (C=O) groups is 2. The van der Waals surface area contributed by atoms with Crippen LogP contribution in [0.25, 0.3) is 0 Å². The lowest BCUT2D eigenvalue weighted by Gasteiger charge is -2.02. The summed E-state index contributed by atoms with van der Waals surface area (Å²) in [5, 5.41) is 24.1. The molecule has 3 N–H and O–H groups in total. The molecule has 0 amide bonds. The molecule has 0 rings (SSSR count). The predicted octanol–water partition coefficient (Wildman–Crippen LogP) is 0.358. The van der Waals surface area contributed by atoms with Crippen LogP contribution in [0.5, 0.6) is 0 Å². The molecule has 0 aliphatic heterocycles. The van der Waals surface area contributed by atoms with Crippen molar-refractivity contribution in [3.63, 3.8) is 0 Å². The van der Waals surface area contributed by atoms with Crippen LogP contribution in [-0.2, 0) is 19.1 Å². The highest BCUT2D eigenvalue weighted by atomic mass is 16.5. The average Bonchev–Trinajstić information content (AvgIpc) is 2.32. The average molecular weight is 266 g/mol. The number of rotatable bonds is 10. The minimum atomic E-state index is -1.08. The Morgan fingerprint density at radius 1 is 0.889 bits per heavy atom. The highest BCUT2D eigenvalue weighted by Gasteiger charge is 2.00. The maximum atomic E-state index is 9.64. The summed E-state index contributed by atoms with van der Waals surface area (Å²) >= 11 is 0. The molecule has 0 aromatic rings. The first-order chi connectivity index (χ1) is 8.54. The van der Waals surface area contributed by atoms with Crippen molar-refractivity contribution in [3.8, 4) is 0 Å². The Balaban J connectivity index is 0. The van der Waals surface area contributed by atoms with Crippen LogP contribution in [0.2, 0.25) is 0 Å². The van der Waals surface area contributed by atoms with E-state index in [0.717, 1.165) is 13.0 Å². The lowest BCUT2D eigenvalue weighted by atomic mass is 10.3. The largest absolute Gasteiger partial charge is 0.481 e. The third-order valence-corrected chi connectivity index (χ3v) is 1.51. The van der Waals surface area contributed by atoms with E-state index in [1.807, 2.05) is 0 Å². The van der Waals surface area contributed by atoms with Crippen molar-refractivity contribution in [1.29, 1.82) is 0 Å². The lowest BCUT2D eigenvalue weighted by molar-refractivity contribution is -0.143. The third-order valence-electron chi connectivity index (χ3n) is 1.51. The van der Waals surface area contributed by atoms with Gasteiger partial charge in [0, 0.05) is 6.61 Å². The summed E-state index contributed by atoms with van der Waals surface area (Å²) in [4.78, 5) is 19.3. The van der Waals surface area contributed by atoms with E-state index in [2.05, 4.69) is 6.92 Å². The summed E-state index contributed by atoms with van der Waals surface area (Å²) in [7, 11) is 0. The van der Waals surface area contributed by atoms with Crippen molar-refractivity contribution >= 4 is 11.9 Å². The Morgan fingerprint density at radius 3 is 1.67 bits per heavy atom. The summed E-state index contributed by atoms with van der Waals surface area (Å²) in [6.45, 7) is 4.58. The molecule has 7 nitrogen and oxygen atoms in total. The fourth-order valence-electron chi connectivity index (χ4n) is 0.745. The van der Waals surface area contributed by atoms with Crippen molar-refractivity contribution in [2.75, 3.05) is 33.0 Å². The molecule has 18 heavy (non-hydrogen) atoms. The lowest BCUT2D eigenvalue weighted by Crippen LogP contribution is -2.07. The molecular formula is C11H22O7. The molecule has 0 bridgehead atoms. The fourth-order valence-corrected chi connectivity index (χ4v) is 0.745. The first kappa shape index (κ1) is 19.2. The molecule has 0 aromatic carbocycles. The normalized spacial score (nSPS) is 9.44. The van der Waals surface area contributed by atoms with Gasteiger partial charge in [-0.15, -0.1) is 0 Å². The van der Waals surface area contributed by atoms with E-state index < -0.39 is 11.9 Å². The number of ether oxygens (including phenoxy) is 2. The molecule has 108 valence electrons. The topological polar surface area (TPSA) is 113 Å². The zero-order valence-electron chi connectivity index (χ0n) is 10.6. The molecule has 0 radical (unpaired) electrons. The Morgan fingerprint density at radius 2 is 1.33 bits per heavy atom. The maximum absolute atomic E-state index is 9.64. The zero-order chi connectivity index (χ0) is 14.2. The van der Waals surface area contributed by atoms with E-state index in [4.69, 9.17) is 24.8 Å². The number of aliphatic hydroxyl groups is 1. The van der Waals surface area contributed by atoms with Crippen molar-refractivity contribution in [3.05, 3.63) is 0 Å². The molecule has 0 fully saturated rings. The summed E-state index contributed by atoms with van der Waals surface area (Å²) in [5.74, 6) is -2.15. The van der Waals surface area contributed by atoms with Gasteiger partial charge in [-0.05, 0) is 6.42 Å². The van der Waals surface area contributed by atoms with Crippen molar-refractivity contribution in [1.82, 2.24) is 0 Å². The first-order valence-electron chi connectivity index (χ1n) is 5.74. The van der Waals surface area contributed by atoms with Gasteiger partial charge in [0.1, 0.15) is 0 Å². The van der Waals surface area contributed by atoms with E-state index in [1.165, 1.54) is 0 Å². The van der Waals surface area contributed by atoms with Gasteiger partial charge in [0.2, 0.25) is 0 Å². The minimum Gasteiger partial charge on any atom is -0.481 e. The number of carboxylic acid groups (broad SMARTS) is 2. The number of hydrogen-bond acceptors (Lipinski definition) is 5. The van der Waals surface area contributed by atoms with E-state index in [-0.39, 0.29) is 19.4 Å². The van der Waals surface area contributed by atoms with E-state index >= 15 is 0 Å². The van der Waals surface area contributed by atoms with Crippen molar-refractivity contribution in [2.24, 2.45) is 0 Å². The van der Waals surface area contributed by atoms with Crippen LogP contribution in [0.1, 0.15) is 26.2 Å². The highest BCUT2D eigenvalue weighted by molar-refractivity contribution is 5.75. The summed E-state index contributed by atoms with van der Waals surface area (Å²) in [6.07, 6.45) is 0.449. The van der Waals surface area contributed by atoms with Crippen LogP contribution in [0, 0.1) is 0 Å². The van der Waals surface area contributed by atoms with Crippen molar-refractivity contribution < 1.29 is 34.4 Å². The molecule has 0 saturated heterocycles. The standard InChI is InChI=1S/C7H16O3.C4H6O4/c1-2-4-9-6-7-10-5-3-8;5-3(6)1-2-4(7)8/h8H,2-7H2,1H3;1-2H2,(H,5,6)(H,7,8). The van der Waals surface area contributed by atoms with Gasteiger partial charge in [0.15, 0.2) is 0 Å². The molecule has 0 atom stereocenters. The molecule has 0 aromatic heterocycles. The Bertz CT molecular complexity index is 184. The SMILES string of the molecule is CCCOCCOCCO.O=C(O)CCC(=O)O. The van der Waals surface area contributed by atoms with Gasteiger partial charge in [-0.1, -0.05) is 6.92 Å². The summed E-state index contributed by atoms with van der Waals surface area (Å²) in [5.41, 5.74) is 0. The summed E-state index contributed by atoms with van der Waals surface area (Å²) < 4.78 is 10.1. The van der Waals surface area contributed by atoms with Crippen LogP contribution >= 0.6 is 0 Å². The van der Waals surface area contributed by atoms with E-state index in [1.54, 1.807) is 0 Å². The van der Waals surface area contributed by atoms with Crippen LogP contribution in [-0.4, -0.2) is 60.3 Å². The van der Waals surface area contributed by atoms with Crippen LogP contribution in [0.15, 0.2) is 0 Å². The molecule has 0 unspecified atom stereocenters. The van der Waals surface area contributed by atoms with Gasteiger partial charge in [0.25, 0.3) is 0 Å². The monoisotopic (exact) mass is 266 g/mol. The number of aliphatic hydroxyl groups excluding tert-OH is 1. The second-order valence-corrected chi connectivity index (χ2v) is 3.24. The quantitative estimate of drug-likeness (QED) is 0.489. The molecule has 0 spiro atoms. The van der Waals surface area contributed by atoms with E-state index in [9.17, 15) is 9.59 Å². The number of carboxylic acids is 2. The van der Waals surface area contributed by atoms with Crippen molar-refractivity contribution in [2.45, 2.75) is 26.2 Å². The van der Waals surface area contributed by atoms with Gasteiger partial charge < -0.3 is 24.8 Å². The maximum Gasteiger partial charge on any atom is 0.303 e. The Hall–Kier alpha value is -1.18. The number of aliphatic carboxylic acids is 2. The third kappa shape index (κ3) is 24.2. The Kier molecular flexibility index (Phi) is 16.8. The van der Waals surface area contributed by atoms with Crippen LogP contribution < -0.4 is 0 Å². The molecule has 0 aliphatic carbocycles. The molecule has 0 heterocycles. The zero-order valence-corrected chi connectivity index (χ0v) is 10.6. The van der Waals surface area contributed by atoms with Gasteiger partial charge in [-0.25, -0.2) is 0 Å².